The maximum absolute atomic E-state index is 6.01. The van der Waals surface area contributed by atoms with E-state index in [-0.39, 0.29) is 0 Å². The molecule has 0 aromatic rings. The molecule has 14 heavy (non-hydrogen) atoms. The van der Waals surface area contributed by atoms with E-state index in [4.69, 9.17) is 16.3 Å². The standard InChI is InChI=1S/C8H11ClN4O/c1-6-3-7(9)13-8(10-6)4-12(11-13)5-14-2/h3-4,11H,5H2,1-2H3. The molecule has 0 spiro atoms. The number of aliphatic imine (C=N–C) groups is 1. The Morgan fingerprint density at radius 1 is 1.64 bits per heavy atom. The van der Waals surface area contributed by atoms with Gasteiger partial charge < -0.3 is 4.74 Å². The van der Waals surface area contributed by atoms with E-state index < -0.39 is 0 Å². The van der Waals surface area contributed by atoms with E-state index in [2.05, 4.69) is 10.5 Å². The van der Waals surface area contributed by atoms with Gasteiger partial charge in [0, 0.05) is 12.8 Å². The van der Waals surface area contributed by atoms with Crippen molar-refractivity contribution in [2.24, 2.45) is 4.99 Å². The molecule has 0 bridgehead atoms. The molecule has 2 aliphatic heterocycles. The lowest BCUT2D eigenvalue weighted by Gasteiger charge is -2.23. The summed E-state index contributed by atoms with van der Waals surface area (Å²) in [6, 6.07) is 0. The summed E-state index contributed by atoms with van der Waals surface area (Å²) in [6.45, 7) is 2.35. The lowest BCUT2D eigenvalue weighted by molar-refractivity contribution is 0.0359. The van der Waals surface area contributed by atoms with Crippen LogP contribution in [-0.2, 0) is 4.74 Å². The fourth-order valence-electron chi connectivity index (χ4n) is 1.30. The van der Waals surface area contributed by atoms with E-state index in [0.29, 0.717) is 11.9 Å². The zero-order chi connectivity index (χ0) is 10.1. The van der Waals surface area contributed by atoms with Gasteiger partial charge in [0.15, 0.2) is 5.82 Å². The molecule has 2 rings (SSSR count). The first-order chi connectivity index (χ1) is 6.70. The van der Waals surface area contributed by atoms with Crippen molar-refractivity contribution < 1.29 is 4.74 Å². The second kappa shape index (κ2) is 3.61. The Morgan fingerprint density at radius 3 is 3.14 bits per heavy atom. The molecule has 0 amide bonds. The topological polar surface area (TPSA) is 40.1 Å². The van der Waals surface area contributed by atoms with Gasteiger partial charge in [-0.05, 0) is 13.0 Å². The zero-order valence-corrected chi connectivity index (χ0v) is 8.75. The van der Waals surface area contributed by atoms with Crippen molar-refractivity contribution in [3.63, 3.8) is 0 Å². The van der Waals surface area contributed by atoms with Crippen LogP contribution in [0.2, 0.25) is 0 Å². The zero-order valence-electron chi connectivity index (χ0n) is 7.99. The highest BCUT2D eigenvalue weighted by Crippen LogP contribution is 2.24. The van der Waals surface area contributed by atoms with Crippen LogP contribution in [0.3, 0.4) is 0 Å². The second-order valence-electron chi connectivity index (χ2n) is 3.03. The Bertz CT molecular complexity index is 336. The third kappa shape index (κ3) is 1.61. The summed E-state index contributed by atoms with van der Waals surface area (Å²) >= 11 is 6.01. The molecular weight excluding hydrogens is 204 g/mol. The minimum absolute atomic E-state index is 0.443. The molecule has 0 aromatic heterocycles. The number of ether oxygens (including phenoxy) is 1. The number of fused-ring (bicyclic) bond motifs is 1. The van der Waals surface area contributed by atoms with Crippen LogP contribution in [0.25, 0.3) is 0 Å². The molecule has 0 unspecified atom stereocenters. The molecule has 0 aliphatic carbocycles. The Labute approximate surface area is 87.2 Å². The van der Waals surface area contributed by atoms with Crippen LogP contribution < -0.4 is 5.53 Å². The third-order valence-corrected chi connectivity index (χ3v) is 2.11. The quantitative estimate of drug-likeness (QED) is 0.696. The predicted molar refractivity (Wildman–Crippen MR) is 53.8 cm³/mol. The smallest absolute Gasteiger partial charge is 0.167 e. The largest absolute Gasteiger partial charge is 0.363 e. The normalized spacial score (nSPS) is 20.4. The summed E-state index contributed by atoms with van der Waals surface area (Å²) in [6.07, 6.45) is 3.63. The number of nitrogens with one attached hydrogen (secondary N) is 1. The molecule has 0 atom stereocenters. The van der Waals surface area contributed by atoms with E-state index in [0.717, 1.165) is 11.5 Å². The highest BCUT2D eigenvalue weighted by molar-refractivity contribution is 6.31. The Morgan fingerprint density at radius 2 is 2.43 bits per heavy atom. The van der Waals surface area contributed by atoms with Gasteiger partial charge in [0.2, 0.25) is 0 Å². The molecule has 76 valence electrons. The molecule has 0 saturated heterocycles. The first-order valence-electron chi connectivity index (χ1n) is 4.17. The molecular formula is C8H11ClN4O. The first-order valence-corrected chi connectivity index (χ1v) is 4.55. The molecule has 0 fully saturated rings. The van der Waals surface area contributed by atoms with Gasteiger partial charge in [-0.2, -0.15) is 0 Å². The summed E-state index contributed by atoms with van der Waals surface area (Å²) in [7, 11) is 1.63. The number of hydrogen-bond donors (Lipinski definition) is 1. The van der Waals surface area contributed by atoms with E-state index in [1.54, 1.807) is 23.2 Å². The average Bonchev–Trinajstić information content (AvgIpc) is 2.48. The third-order valence-electron chi connectivity index (χ3n) is 1.83. The summed E-state index contributed by atoms with van der Waals surface area (Å²) in [5, 5.41) is 4.05. The highest BCUT2D eigenvalue weighted by Gasteiger charge is 2.25. The molecule has 6 heteroatoms. The van der Waals surface area contributed by atoms with Gasteiger partial charge in [-0.25, -0.2) is 10.0 Å². The van der Waals surface area contributed by atoms with E-state index in [1.807, 2.05) is 13.1 Å². The molecule has 2 heterocycles. The number of rotatable bonds is 2. The van der Waals surface area contributed by atoms with Crippen molar-refractivity contribution in [3.8, 4) is 0 Å². The van der Waals surface area contributed by atoms with E-state index >= 15 is 0 Å². The summed E-state index contributed by atoms with van der Waals surface area (Å²) in [4.78, 5) is 4.31. The fraction of sp³-hybridized carbons (Fsp3) is 0.375. The lowest BCUT2D eigenvalue weighted by atomic mass is 10.3. The van der Waals surface area contributed by atoms with Gasteiger partial charge in [-0.1, -0.05) is 11.6 Å². The second-order valence-corrected chi connectivity index (χ2v) is 3.42. The number of hydrogen-bond acceptors (Lipinski definition) is 5. The highest BCUT2D eigenvalue weighted by atomic mass is 35.5. The Kier molecular flexibility index (Phi) is 2.45. The lowest BCUT2D eigenvalue weighted by Crippen LogP contribution is -2.40. The van der Waals surface area contributed by atoms with Crippen LogP contribution in [0.4, 0.5) is 0 Å². The van der Waals surface area contributed by atoms with Crippen LogP contribution in [0.1, 0.15) is 6.92 Å². The molecule has 1 N–H and O–H groups in total. The minimum atomic E-state index is 0.443. The minimum Gasteiger partial charge on any atom is -0.363 e. The van der Waals surface area contributed by atoms with Crippen molar-refractivity contribution in [1.29, 1.82) is 0 Å². The van der Waals surface area contributed by atoms with Crippen LogP contribution in [0.5, 0.6) is 0 Å². The molecule has 2 aliphatic rings. The van der Waals surface area contributed by atoms with Crippen molar-refractivity contribution in [3.05, 3.63) is 23.3 Å². The van der Waals surface area contributed by atoms with Crippen LogP contribution in [-0.4, -0.2) is 29.6 Å². The number of nitrogens with zero attached hydrogens (tertiary/aromatic N) is 3. The van der Waals surface area contributed by atoms with Gasteiger partial charge in [0.25, 0.3) is 0 Å². The molecule has 0 aromatic carbocycles. The number of allylic oxidation sites excluding steroid dienone is 1. The monoisotopic (exact) mass is 214 g/mol. The van der Waals surface area contributed by atoms with Crippen molar-refractivity contribution in [2.75, 3.05) is 13.8 Å². The van der Waals surface area contributed by atoms with Gasteiger partial charge in [0.1, 0.15) is 11.9 Å². The number of methoxy groups -OCH3 is 1. The maximum Gasteiger partial charge on any atom is 0.167 e. The van der Waals surface area contributed by atoms with Gasteiger partial charge in [0.05, 0.1) is 6.20 Å². The summed E-state index contributed by atoms with van der Waals surface area (Å²) < 4.78 is 4.98. The van der Waals surface area contributed by atoms with E-state index in [1.165, 1.54) is 0 Å². The van der Waals surface area contributed by atoms with Crippen LogP contribution in [0, 0.1) is 0 Å². The van der Waals surface area contributed by atoms with E-state index in [9.17, 15) is 0 Å². The SMILES string of the molecule is COCN1C=C2N=C(C)C=C(Cl)N2N1. The van der Waals surface area contributed by atoms with Gasteiger partial charge in [-0.15, -0.1) is 5.53 Å². The van der Waals surface area contributed by atoms with Crippen molar-refractivity contribution in [1.82, 2.24) is 15.6 Å². The molecule has 0 saturated carbocycles. The van der Waals surface area contributed by atoms with Crippen LogP contribution in [0.15, 0.2) is 28.2 Å². The fourth-order valence-corrected chi connectivity index (χ4v) is 1.58. The van der Waals surface area contributed by atoms with Crippen molar-refractivity contribution in [2.45, 2.75) is 6.92 Å². The van der Waals surface area contributed by atoms with Gasteiger partial charge >= 0.3 is 0 Å². The predicted octanol–water partition coefficient (Wildman–Crippen LogP) is 0.981. The number of halogens is 1. The number of hydrazine groups is 2. The molecule has 0 radical (unpaired) electrons. The van der Waals surface area contributed by atoms with Gasteiger partial charge in [-0.3, -0.25) is 5.01 Å². The van der Waals surface area contributed by atoms with Crippen molar-refractivity contribution >= 4 is 17.3 Å². The average molecular weight is 215 g/mol. The maximum atomic E-state index is 6.01. The Hall–Kier alpha value is -1.04. The Balaban J connectivity index is 2.19. The van der Waals surface area contributed by atoms with Crippen LogP contribution >= 0.6 is 11.6 Å². The summed E-state index contributed by atoms with van der Waals surface area (Å²) in [5.41, 5.74) is 3.89. The first kappa shape index (κ1) is 9.51. The molecule has 5 nitrogen and oxygen atoms in total. The summed E-state index contributed by atoms with van der Waals surface area (Å²) in [5.74, 6) is 0.770.